The van der Waals surface area contributed by atoms with E-state index in [-0.39, 0.29) is 24.7 Å². The lowest BCUT2D eigenvalue weighted by Gasteiger charge is -2.51. The summed E-state index contributed by atoms with van der Waals surface area (Å²) in [4.78, 5) is 0. The van der Waals surface area contributed by atoms with Gasteiger partial charge in [0.05, 0.1) is 64.1 Å². The van der Waals surface area contributed by atoms with Gasteiger partial charge in [0.25, 0.3) is 6.48 Å². The standard InChI is InChI=1S/C20H38O10/c1-12(10-23-4)25-6-8-27-16-14(3)15(21)17-18(19(16)30-20(22)29-17)28-9-7-26-13(2)11-24-5/h12-22H,6-11H2,1-5H3/t12-,13-,14?,15-,16?,17?,18?,19+,20?/m1/s1. The maximum Gasteiger partial charge on any atom is 0.269 e. The molecule has 2 bridgehead atoms. The first-order valence-electron chi connectivity index (χ1n) is 10.5. The van der Waals surface area contributed by atoms with Gasteiger partial charge in [-0.05, 0) is 13.8 Å². The lowest BCUT2D eigenvalue weighted by molar-refractivity contribution is -0.407. The number of fused-ring (bicyclic) bond motifs is 2. The fraction of sp³-hybridized carbons (Fsp3) is 1.00. The van der Waals surface area contributed by atoms with Crippen LogP contribution in [0, 0.1) is 5.92 Å². The zero-order valence-electron chi connectivity index (χ0n) is 18.6. The van der Waals surface area contributed by atoms with Crippen molar-refractivity contribution in [1.29, 1.82) is 0 Å². The number of aliphatic hydroxyl groups excluding tert-OH is 2. The van der Waals surface area contributed by atoms with Crippen LogP contribution in [0.4, 0.5) is 0 Å². The molecule has 178 valence electrons. The van der Waals surface area contributed by atoms with Gasteiger partial charge in [-0.2, -0.15) is 0 Å². The van der Waals surface area contributed by atoms with Crippen LogP contribution in [0.3, 0.4) is 0 Å². The molecule has 0 radical (unpaired) electrons. The second-order valence-electron chi connectivity index (χ2n) is 7.80. The van der Waals surface area contributed by atoms with E-state index in [1.165, 1.54) is 0 Å². The van der Waals surface area contributed by atoms with Gasteiger partial charge in [0.1, 0.15) is 18.3 Å². The van der Waals surface area contributed by atoms with E-state index < -0.39 is 37.0 Å². The normalized spacial score (nSPS) is 35.9. The number of hydrogen-bond acceptors (Lipinski definition) is 10. The lowest BCUT2D eigenvalue weighted by atomic mass is 9.78. The van der Waals surface area contributed by atoms with Crippen molar-refractivity contribution in [2.24, 2.45) is 5.92 Å². The van der Waals surface area contributed by atoms with Crippen LogP contribution in [0.5, 0.6) is 0 Å². The summed E-state index contributed by atoms with van der Waals surface area (Å²) in [5, 5.41) is 20.6. The van der Waals surface area contributed by atoms with Gasteiger partial charge in [-0.25, -0.2) is 0 Å². The largest absolute Gasteiger partial charge is 0.390 e. The fourth-order valence-electron chi connectivity index (χ4n) is 3.84. The first-order chi connectivity index (χ1) is 14.4. The van der Waals surface area contributed by atoms with Crippen molar-refractivity contribution in [2.75, 3.05) is 53.9 Å². The minimum absolute atomic E-state index is 0.0462. The molecule has 2 fully saturated rings. The summed E-state index contributed by atoms with van der Waals surface area (Å²) in [5.74, 6) is -0.276. The summed E-state index contributed by atoms with van der Waals surface area (Å²) < 4.78 is 44.2. The third kappa shape index (κ3) is 7.33. The average Bonchev–Trinajstić information content (AvgIpc) is 2.70. The number of methoxy groups -OCH3 is 2. The molecule has 30 heavy (non-hydrogen) atoms. The van der Waals surface area contributed by atoms with E-state index >= 15 is 0 Å². The quantitative estimate of drug-likeness (QED) is 0.357. The molecule has 1 aliphatic carbocycles. The number of rotatable bonds is 14. The van der Waals surface area contributed by atoms with Crippen molar-refractivity contribution in [3.8, 4) is 0 Å². The highest BCUT2D eigenvalue weighted by Crippen LogP contribution is 2.37. The van der Waals surface area contributed by atoms with Gasteiger partial charge in [-0.3, -0.25) is 0 Å². The van der Waals surface area contributed by atoms with Crippen LogP contribution >= 0.6 is 0 Å². The first-order valence-corrected chi connectivity index (χ1v) is 10.5. The van der Waals surface area contributed by atoms with Crippen molar-refractivity contribution < 1.29 is 48.1 Å². The molecule has 1 saturated heterocycles. The summed E-state index contributed by atoms with van der Waals surface area (Å²) in [5.41, 5.74) is 0. The minimum atomic E-state index is -1.44. The Kier molecular flexibility index (Phi) is 11.4. The fourth-order valence-corrected chi connectivity index (χ4v) is 3.84. The van der Waals surface area contributed by atoms with E-state index in [2.05, 4.69) is 0 Å². The molecule has 0 aromatic heterocycles. The van der Waals surface area contributed by atoms with Crippen molar-refractivity contribution in [2.45, 2.75) is 70.0 Å². The number of hydrogen-bond donors (Lipinski definition) is 2. The predicted molar refractivity (Wildman–Crippen MR) is 105 cm³/mol. The summed E-state index contributed by atoms with van der Waals surface area (Å²) in [6, 6.07) is 0. The molecule has 0 aromatic rings. The second-order valence-corrected chi connectivity index (χ2v) is 7.80. The van der Waals surface area contributed by atoms with Gasteiger partial charge < -0.3 is 48.1 Å². The van der Waals surface area contributed by atoms with Crippen LogP contribution in [0.2, 0.25) is 0 Å². The van der Waals surface area contributed by atoms with Gasteiger partial charge in [-0.15, -0.1) is 0 Å². The van der Waals surface area contributed by atoms with E-state index in [0.717, 1.165) is 0 Å². The molecular formula is C20H38O10. The molecule has 0 amide bonds. The molecule has 2 N–H and O–H groups in total. The maximum absolute atomic E-state index is 10.7. The third-order valence-electron chi connectivity index (χ3n) is 5.31. The van der Waals surface area contributed by atoms with Gasteiger partial charge in [0, 0.05) is 20.1 Å². The molecule has 0 aromatic carbocycles. The highest BCUT2D eigenvalue weighted by molar-refractivity contribution is 5.01. The average molecular weight is 439 g/mol. The molecule has 5 unspecified atom stereocenters. The molecule has 1 aliphatic heterocycles. The molecular weight excluding hydrogens is 400 g/mol. The van der Waals surface area contributed by atoms with Crippen LogP contribution in [-0.4, -0.2) is 113 Å². The van der Waals surface area contributed by atoms with Crippen LogP contribution in [-0.2, 0) is 37.9 Å². The predicted octanol–water partition coefficient (Wildman–Crippen LogP) is -0.0697. The highest BCUT2D eigenvalue weighted by atomic mass is 16.8. The smallest absolute Gasteiger partial charge is 0.269 e. The number of aliphatic hydroxyl groups is 2. The second kappa shape index (κ2) is 13.2. The Morgan fingerprint density at radius 1 is 0.767 bits per heavy atom. The summed E-state index contributed by atoms with van der Waals surface area (Å²) in [6.45, 7) is 6.54. The van der Waals surface area contributed by atoms with Crippen molar-refractivity contribution >= 4 is 0 Å². The Morgan fingerprint density at radius 3 is 1.80 bits per heavy atom. The van der Waals surface area contributed by atoms with Crippen molar-refractivity contribution in [1.82, 2.24) is 0 Å². The molecule has 2 aliphatic rings. The zero-order chi connectivity index (χ0) is 22.1. The van der Waals surface area contributed by atoms with Crippen molar-refractivity contribution in [3.05, 3.63) is 0 Å². The van der Waals surface area contributed by atoms with E-state index in [1.54, 1.807) is 14.2 Å². The van der Waals surface area contributed by atoms with E-state index in [9.17, 15) is 10.2 Å². The Labute approximate surface area is 178 Å². The van der Waals surface area contributed by atoms with Crippen molar-refractivity contribution in [3.63, 3.8) is 0 Å². The molecule has 1 heterocycles. The first kappa shape index (κ1) is 25.9. The monoisotopic (exact) mass is 438 g/mol. The molecule has 10 heteroatoms. The van der Waals surface area contributed by atoms with Gasteiger partial charge >= 0.3 is 0 Å². The Hall–Kier alpha value is -0.400. The molecule has 9 atom stereocenters. The van der Waals surface area contributed by atoms with Crippen LogP contribution in [0.1, 0.15) is 20.8 Å². The zero-order valence-corrected chi connectivity index (χ0v) is 18.6. The molecule has 10 nitrogen and oxygen atoms in total. The Morgan fingerprint density at radius 2 is 1.27 bits per heavy atom. The number of ether oxygens (including phenoxy) is 8. The van der Waals surface area contributed by atoms with Gasteiger partial charge in [0.2, 0.25) is 0 Å². The topological polar surface area (TPSA) is 114 Å². The lowest BCUT2D eigenvalue weighted by Crippen LogP contribution is -2.68. The summed E-state index contributed by atoms with van der Waals surface area (Å²) in [7, 11) is 3.24. The Bertz CT molecular complexity index is 445. The minimum Gasteiger partial charge on any atom is -0.390 e. The molecule has 1 saturated carbocycles. The Balaban J connectivity index is 1.90. The van der Waals surface area contributed by atoms with E-state index in [1.807, 2.05) is 20.8 Å². The van der Waals surface area contributed by atoms with E-state index in [4.69, 9.17) is 37.9 Å². The third-order valence-corrected chi connectivity index (χ3v) is 5.31. The SMILES string of the molecule is COC[C@@H](C)OCCOC1C(C)[C@@H](O)C2OC(O)O[C@@H]1C2OCCO[C@H](C)COC. The summed E-state index contributed by atoms with van der Waals surface area (Å²) in [6.07, 6.45) is -3.38. The van der Waals surface area contributed by atoms with Gasteiger partial charge in [-0.1, -0.05) is 6.92 Å². The molecule has 2 rings (SSSR count). The highest BCUT2D eigenvalue weighted by Gasteiger charge is 2.55. The van der Waals surface area contributed by atoms with Gasteiger partial charge in [0.15, 0.2) is 0 Å². The van der Waals surface area contributed by atoms with Crippen LogP contribution in [0.25, 0.3) is 0 Å². The van der Waals surface area contributed by atoms with Crippen LogP contribution in [0.15, 0.2) is 0 Å². The summed E-state index contributed by atoms with van der Waals surface area (Å²) >= 11 is 0. The van der Waals surface area contributed by atoms with Crippen LogP contribution < -0.4 is 0 Å². The van der Waals surface area contributed by atoms with E-state index in [0.29, 0.717) is 33.0 Å². The molecule has 0 spiro atoms. The maximum atomic E-state index is 10.7.